The van der Waals surface area contributed by atoms with E-state index in [9.17, 15) is 4.79 Å². The third kappa shape index (κ3) is 3.36. The quantitative estimate of drug-likeness (QED) is 0.615. The van der Waals surface area contributed by atoms with Crippen LogP contribution < -0.4 is 10.2 Å². The third-order valence-electron chi connectivity index (χ3n) is 1.72. The van der Waals surface area contributed by atoms with Crippen molar-refractivity contribution in [1.82, 2.24) is 0 Å². The summed E-state index contributed by atoms with van der Waals surface area (Å²) in [6.45, 7) is 3.63. The van der Waals surface area contributed by atoms with Gasteiger partial charge in [0.2, 0.25) is 0 Å². The molecule has 1 aromatic carbocycles. The normalized spacial score (nSPS) is 12.0. The Morgan fingerprint density at radius 1 is 1.50 bits per heavy atom. The molecule has 0 aliphatic rings. The molecular formula is C11H13NOSe. The molecule has 0 spiro atoms. The molecule has 1 rings (SSSR count). The number of rotatable bonds is 5. The third-order valence-corrected chi connectivity index (χ3v) is 4.35. The van der Waals surface area contributed by atoms with E-state index in [1.165, 1.54) is 4.46 Å². The average molecular weight is 254 g/mol. The van der Waals surface area contributed by atoms with Crippen LogP contribution in [0.1, 0.15) is 6.42 Å². The van der Waals surface area contributed by atoms with Crippen LogP contribution in [0.3, 0.4) is 0 Å². The Hall–Kier alpha value is -1.05. The predicted molar refractivity (Wildman–Crippen MR) is 59.6 cm³/mol. The van der Waals surface area contributed by atoms with E-state index in [-0.39, 0.29) is 25.7 Å². The molecule has 0 aliphatic carbocycles. The van der Waals surface area contributed by atoms with E-state index in [0.29, 0.717) is 6.42 Å². The minimum absolute atomic E-state index is 0.0672. The number of hydrogen-bond donors (Lipinski definition) is 1. The number of allylic oxidation sites excluding steroid dienone is 1. The van der Waals surface area contributed by atoms with E-state index in [2.05, 4.69) is 6.58 Å². The van der Waals surface area contributed by atoms with Gasteiger partial charge in [0.05, 0.1) is 0 Å². The molecule has 2 nitrogen and oxygen atoms in total. The van der Waals surface area contributed by atoms with E-state index >= 15 is 0 Å². The van der Waals surface area contributed by atoms with E-state index in [1.54, 1.807) is 6.08 Å². The molecule has 0 bridgehead atoms. The zero-order chi connectivity index (χ0) is 10.4. The molecule has 74 valence electrons. The summed E-state index contributed by atoms with van der Waals surface area (Å²) in [5.74, 6) is -0.228. The zero-order valence-corrected chi connectivity index (χ0v) is 9.56. The summed E-state index contributed by atoms with van der Waals surface area (Å²) in [7, 11) is 0. The molecule has 1 atom stereocenters. The van der Waals surface area contributed by atoms with Gasteiger partial charge in [-0.25, -0.2) is 0 Å². The Balaban J connectivity index is 2.64. The van der Waals surface area contributed by atoms with Gasteiger partial charge in [-0.1, -0.05) is 0 Å². The van der Waals surface area contributed by atoms with Gasteiger partial charge in [-0.3, -0.25) is 0 Å². The summed E-state index contributed by atoms with van der Waals surface area (Å²) in [4.78, 5) is 11.0. The van der Waals surface area contributed by atoms with Crippen LogP contribution >= 0.6 is 0 Å². The van der Waals surface area contributed by atoms with Gasteiger partial charge in [0.15, 0.2) is 0 Å². The van der Waals surface area contributed by atoms with E-state index in [1.807, 2.05) is 30.3 Å². The van der Waals surface area contributed by atoms with Crippen LogP contribution in [0, 0.1) is 0 Å². The first-order valence-electron chi connectivity index (χ1n) is 4.36. The maximum absolute atomic E-state index is 11.1. The second-order valence-corrected chi connectivity index (χ2v) is 5.52. The van der Waals surface area contributed by atoms with Crippen LogP contribution in [-0.2, 0) is 4.79 Å². The van der Waals surface area contributed by atoms with Crippen molar-refractivity contribution < 1.29 is 4.79 Å². The van der Waals surface area contributed by atoms with E-state index in [4.69, 9.17) is 5.73 Å². The summed E-state index contributed by atoms with van der Waals surface area (Å²) in [5, 5.41) is 0. The Morgan fingerprint density at radius 2 is 2.14 bits per heavy atom. The van der Waals surface area contributed by atoms with Gasteiger partial charge in [0, 0.05) is 0 Å². The number of carbonyl (C=O) groups excluding carboxylic acids is 1. The number of amides is 1. The molecule has 3 heteroatoms. The first-order chi connectivity index (χ1) is 6.74. The summed E-state index contributed by atoms with van der Waals surface area (Å²) < 4.78 is 1.20. The van der Waals surface area contributed by atoms with Crippen molar-refractivity contribution >= 4 is 25.3 Å². The fourth-order valence-corrected chi connectivity index (χ4v) is 3.12. The molecule has 0 fully saturated rings. The monoisotopic (exact) mass is 255 g/mol. The number of primary amides is 1. The summed E-state index contributed by atoms with van der Waals surface area (Å²) in [6.07, 6.45) is 2.42. The predicted octanol–water partition coefficient (Wildman–Crippen LogP) is 0.866. The molecule has 0 aromatic heterocycles. The van der Waals surface area contributed by atoms with Gasteiger partial charge in [-0.2, -0.15) is 0 Å². The number of nitrogens with two attached hydrogens (primary N) is 1. The molecule has 14 heavy (non-hydrogen) atoms. The fourth-order valence-electron chi connectivity index (χ4n) is 1.04. The molecular weight excluding hydrogens is 241 g/mol. The number of benzene rings is 1. The topological polar surface area (TPSA) is 43.1 Å². The van der Waals surface area contributed by atoms with Crippen LogP contribution in [0.4, 0.5) is 0 Å². The average Bonchev–Trinajstić information content (AvgIpc) is 2.18. The van der Waals surface area contributed by atoms with Crippen molar-refractivity contribution in [2.75, 3.05) is 0 Å². The molecule has 0 aliphatic heterocycles. The SMILES string of the molecule is C=CCC([Se]c1ccccc1)C(N)=O. The van der Waals surface area contributed by atoms with Crippen molar-refractivity contribution in [3.05, 3.63) is 43.0 Å². The Labute approximate surface area is 90.3 Å². The maximum atomic E-state index is 11.1. The van der Waals surface area contributed by atoms with Crippen molar-refractivity contribution in [1.29, 1.82) is 0 Å². The first-order valence-corrected chi connectivity index (χ1v) is 6.20. The second-order valence-electron chi connectivity index (χ2n) is 2.85. The summed E-state index contributed by atoms with van der Waals surface area (Å²) in [6, 6.07) is 9.97. The zero-order valence-electron chi connectivity index (χ0n) is 7.85. The van der Waals surface area contributed by atoms with Crippen molar-refractivity contribution in [2.45, 2.75) is 11.2 Å². The standard InChI is InChI=1S/C11H13NOSe/c1-2-6-10(11(12)13)14-9-7-4-3-5-8-9/h2-5,7-8,10H,1,6H2,(H2,12,13). The Morgan fingerprint density at radius 3 is 2.64 bits per heavy atom. The van der Waals surface area contributed by atoms with Crippen LogP contribution in [0.2, 0.25) is 4.82 Å². The van der Waals surface area contributed by atoms with Gasteiger partial charge in [0.1, 0.15) is 0 Å². The molecule has 1 unspecified atom stereocenters. The molecule has 0 radical (unpaired) electrons. The van der Waals surface area contributed by atoms with Crippen molar-refractivity contribution in [2.24, 2.45) is 5.73 Å². The minimum atomic E-state index is -0.228. The number of hydrogen-bond acceptors (Lipinski definition) is 1. The second kappa shape index (κ2) is 5.63. The Bertz CT molecular complexity index is 310. The summed E-state index contributed by atoms with van der Waals surface area (Å²) >= 11 is 0.112. The van der Waals surface area contributed by atoms with Crippen LogP contribution in [0.25, 0.3) is 0 Å². The van der Waals surface area contributed by atoms with Gasteiger partial charge >= 0.3 is 90.1 Å². The first kappa shape index (κ1) is 11.0. The Kier molecular flexibility index (Phi) is 4.44. The molecule has 0 saturated carbocycles. The van der Waals surface area contributed by atoms with Crippen molar-refractivity contribution in [3.63, 3.8) is 0 Å². The van der Waals surface area contributed by atoms with Crippen LogP contribution in [0.5, 0.6) is 0 Å². The van der Waals surface area contributed by atoms with Gasteiger partial charge in [-0.15, -0.1) is 0 Å². The van der Waals surface area contributed by atoms with E-state index < -0.39 is 0 Å². The van der Waals surface area contributed by atoms with E-state index in [0.717, 1.165) is 0 Å². The fraction of sp³-hybridized carbons (Fsp3) is 0.182. The van der Waals surface area contributed by atoms with Crippen LogP contribution in [0.15, 0.2) is 43.0 Å². The van der Waals surface area contributed by atoms with Crippen molar-refractivity contribution in [3.8, 4) is 0 Å². The molecule has 1 aromatic rings. The van der Waals surface area contributed by atoms with Gasteiger partial charge < -0.3 is 0 Å². The molecule has 1 amide bonds. The number of carbonyl (C=O) groups is 1. The summed E-state index contributed by atoms with van der Waals surface area (Å²) in [5.41, 5.74) is 5.30. The molecule has 2 N–H and O–H groups in total. The molecule has 0 saturated heterocycles. The van der Waals surface area contributed by atoms with Gasteiger partial charge in [0.25, 0.3) is 0 Å². The van der Waals surface area contributed by atoms with Gasteiger partial charge in [-0.05, 0) is 0 Å². The van der Waals surface area contributed by atoms with Crippen LogP contribution in [-0.4, -0.2) is 20.9 Å². The molecule has 0 heterocycles.